The highest BCUT2D eigenvalue weighted by Gasteiger charge is 2.22. The number of rotatable bonds is 4. The molecule has 1 saturated heterocycles. The summed E-state index contributed by atoms with van der Waals surface area (Å²) in [5, 5.41) is 4.51. The Morgan fingerprint density at radius 3 is 2.95 bits per heavy atom. The first kappa shape index (κ1) is 12.7. The monoisotopic (exact) mass is 258 g/mol. The Balaban J connectivity index is 1.90. The van der Waals surface area contributed by atoms with E-state index < -0.39 is 0 Å². The SMILES string of the molecule is CNCc1c(CN2CCC(C)C2)oc2ccccc12. The van der Waals surface area contributed by atoms with Crippen molar-refractivity contribution in [2.75, 3.05) is 20.1 Å². The first-order chi connectivity index (χ1) is 9.28. The third kappa shape index (κ3) is 2.53. The Bertz CT molecular complexity index is 561. The number of hydrogen-bond acceptors (Lipinski definition) is 3. The first-order valence-corrected chi connectivity index (χ1v) is 7.14. The molecule has 1 unspecified atom stereocenters. The van der Waals surface area contributed by atoms with Crippen LogP contribution in [0.1, 0.15) is 24.7 Å². The smallest absolute Gasteiger partial charge is 0.134 e. The maximum absolute atomic E-state index is 6.07. The van der Waals surface area contributed by atoms with Crippen LogP contribution in [0.3, 0.4) is 0 Å². The van der Waals surface area contributed by atoms with Crippen LogP contribution >= 0.6 is 0 Å². The van der Waals surface area contributed by atoms with Gasteiger partial charge in [0, 0.05) is 24.0 Å². The second-order valence-corrected chi connectivity index (χ2v) is 5.66. The highest BCUT2D eigenvalue weighted by atomic mass is 16.3. The number of para-hydroxylation sites is 1. The minimum Gasteiger partial charge on any atom is -0.459 e. The summed E-state index contributed by atoms with van der Waals surface area (Å²) in [5.41, 5.74) is 2.33. The molecule has 3 heteroatoms. The van der Waals surface area contributed by atoms with Gasteiger partial charge in [0.25, 0.3) is 0 Å². The molecule has 1 aromatic carbocycles. The fourth-order valence-corrected chi connectivity index (χ4v) is 3.02. The fourth-order valence-electron chi connectivity index (χ4n) is 3.02. The van der Waals surface area contributed by atoms with Gasteiger partial charge >= 0.3 is 0 Å². The van der Waals surface area contributed by atoms with Gasteiger partial charge in [0.1, 0.15) is 11.3 Å². The standard InChI is InChI=1S/C16H22N2O/c1-12-7-8-18(10-12)11-16-14(9-17-2)13-5-3-4-6-15(13)19-16/h3-6,12,17H,7-11H2,1-2H3. The van der Waals surface area contributed by atoms with Crippen molar-refractivity contribution in [1.82, 2.24) is 10.2 Å². The molecular weight excluding hydrogens is 236 g/mol. The molecule has 19 heavy (non-hydrogen) atoms. The van der Waals surface area contributed by atoms with Crippen molar-refractivity contribution in [2.45, 2.75) is 26.4 Å². The minimum atomic E-state index is 0.817. The largest absolute Gasteiger partial charge is 0.459 e. The number of nitrogens with zero attached hydrogens (tertiary/aromatic N) is 1. The Morgan fingerprint density at radius 1 is 1.37 bits per heavy atom. The van der Waals surface area contributed by atoms with Crippen LogP contribution < -0.4 is 5.32 Å². The fraction of sp³-hybridized carbons (Fsp3) is 0.500. The van der Waals surface area contributed by atoms with Crippen molar-refractivity contribution in [3.8, 4) is 0 Å². The predicted molar refractivity (Wildman–Crippen MR) is 78.0 cm³/mol. The summed E-state index contributed by atoms with van der Waals surface area (Å²) in [7, 11) is 1.99. The summed E-state index contributed by atoms with van der Waals surface area (Å²) in [6.07, 6.45) is 1.31. The van der Waals surface area contributed by atoms with E-state index in [1.807, 2.05) is 13.1 Å². The molecule has 0 radical (unpaired) electrons. The summed E-state index contributed by atoms with van der Waals surface area (Å²) in [5.74, 6) is 1.95. The van der Waals surface area contributed by atoms with Gasteiger partial charge in [-0.05, 0) is 32.0 Å². The molecule has 2 aromatic rings. The van der Waals surface area contributed by atoms with Gasteiger partial charge in [-0.2, -0.15) is 0 Å². The lowest BCUT2D eigenvalue weighted by Gasteiger charge is -2.14. The molecule has 3 nitrogen and oxygen atoms in total. The van der Waals surface area contributed by atoms with Crippen molar-refractivity contribution >= 4 is 11.0 Å². The molecule has 1 aliphatic rings. The third-order valence-corrected chi connectivity index (χ3v) is 4.01. The zero-order valence-electron chi connectivity index (χ0n) is 11.8. The Hall–Kier alpha value is -1.32. The van der Waals surface area contributed by atoms with E-state index in [-0.39, 0.29) is 0 Å². The number of fused-ring (bicyclic) bond motifs is 1. The molecule has 1 aliphatic heterocycles. The van der Waals surface area contributed by atoms with Crippen LogP contribution in [-0.2, 0) is 13.1 Å². The quantitative estimate of drug-likeness (QED) is 0.914. The van der Waals surface area contributed by atoms with Crippen LogP contribution in [0.2, 0.25) is 0 Å². The second-order valence-electron chi connectivity index (χ2n) is 5.66. The van der Waals surface area contributed by atoms with Gasteiger partial charge in [0.05, 0.1) is 6.54 Å². The molecule has 0 saturated carbocycles. The van der Waals surface area contributed by atoms with E-state index in [1.165, 1.54) is 30.5 Å². The van der Waals surface area contributed by atoms with Crippen LogP contribution in [0.4, 0.5) is 0 Å². The third-order valence-electron chi connectivity index (χ3n) is 4.01. The second kappa shape index (κ2) is 5.35. The average molecular weight is 258 g/mol. The Kier molecular flexibility index (Phi) is 3.58. The lowest BCUT2D eigenvalue weighted by molar-refractivity contribution is 0.291. The molecule has 0 amide bonds. The van der Waals surface area contributed by atoms with E-state index in [0.717, 1.165) is 30.4 Å². The van der Waals surface area contributed by atoms with Crippen molar-refractivity contribution in [3.63, 3.8) is 0 Å². The highest BCUT2D eigenvalue weighted by molar-refractivity contribution is 5.82. The van der Waals surface area contributed by atoms with Crippen molar-refractivity contribution in [3.05, 3.63) is 35.6 Å². The minimum absolute atomic E-state index is 0.817. The molecule has 0 spiro atoms. The van der Waals surface area contributed by atoms with E-state index >= 15 is 0 Å². The average Bonchev–Trinajstić information content (AvgIpc) is 2.96. The van der Waals surface area contributed by atoms with Crippen molar-refractivity contribution < 1.29 is 4.42 Å². The van der Waals surface area contributed by atoms with Gasteiger partial charge in [-0.25, -0.2) is 0 Å². The summed E-state index contributed by atoms with van der Waals surface area (Å²) in [6.45, 7) is 6.52. The summed E-state index contributed by atoms with van der Waals surface area (Å²) >= 11 is 0. The first-order valence-electron chi connectivity index (χ1n) is 7.14. The number of benzene rings is 1. The summed E-state index contributed by atoms with van der Waals surface area (Å²) < 4.78 is 6.07. The van der Waals surface area contributed by atoms with E-state index in [9.17, 15) is 0 Å². The summed E-state index contributed by atoms with van der Waals surface area (Å²) in [4.78, 5) is 2.50. The molecule has 0 bridgehead atoms. The van der Waals surface area contributed by atoms with Gasteiger partial charge in [0.15, 0.2) is 0 Å². The molecule has 3 rings (SSSR count). The zero-order chi connectivity index (χ0) is 13.2. The number of likely N-dealkylation sites (tertiary alicyclic amines) is 1. The Labute approximate surface area is 114 Å². The molecule has 1 aromatic heterocycles. The van der Waals surface area contributed by atoms with Gasteiger partial charge in [0.2, 0.25) is 0 Å². The topological polar surface area (TPSA) is 28.4 Å². The molecule has 1 atom stereocenters. The van der Waals surface area contributed by atoms with Gasteiger partial charge in [-0.1, -0.05) is 25.1 Å². The van der Waals surface area contributed by atoms with Crippen LogP contribution in [0.15, 0.2) is 28.7 Å². The van der Waals surface area contributed by atoms with Crippen LogP contribution in [0.25, 0.3) is 11.0 Å². The van der Waals surface area contributed by atoms with E-state index in [2.05, 4.69) is 35.3 Å². The maximum atomic E-state index is 6.07. The molecule has 102 valence electrons. The highest BCUT2D eigenvalue weighted by Crippen LogP contribution is 2.28. The van der Waals surface area contributed by atoms with Crippen LogP contribution in [0.5, 0.6) is 0 Å². The van der Waals surface area contributed by atoms with Gasteiger partial charge in [-0.3, -0.25) is 4.90 Å². The molecule has 1 fully saturated rings. The number of furan rings is 1. The Morgan fingerprint density at radius 2 is 2.21 bits per heavy atom. The maximum Gasteiger partial charge on any atom is 0.134 e. The van der Waals surface area contributed by atoms with E-state index in [0.29, 0.717) is 0 Å². The van der Waals surface area contributed by atoms with Crippen molar-refractivity contribution in [1.29, 1.82) is 0 Å². The van der Waals surface area contributed by atoms with Crippen LogP contribution in [0, 0.1) is 5.92 Å². The molecular formula is C16H22N2O. The van der Waals surface area contributed by atoms with E-state index in [4.69, 9.17) is 4.42 Å². The van der Waals surface area contributed by atoms with E-state index in [1.54, 1.807) is 0 Å². The van der Waals surface area contributed by atoms with Gasteiger partial charge < -0.3 is 9.73 Å². The zero-order valence-corrected chi connectivity index (χ0v) is 11.8. The normalized spacial score (nSPS) is 20.4. The van der Waals surface area contributed by atoms with Crippen LogP contribution in [-0.4, -0.2) is 25.0 Å². The lowest BCUT2D eigenvalue weighted by atomic mass is 10.1. The molecule has 2 heterocycles. The number of hydrogen-bond donors (Lipinski definition) is 1. The molecule has 1 N–H and O–H groups in total. The van der Waals surface area contributed by atoms with Gasteiger partial charge in [-0.15, -0.1) is 0 Å². The number of nitrogens with one attached hydrogen (secondary N) is 1. The predicted octanol–water partition coefficient (Wildman–Crippen LogP) is 2.99. The lowest BCUT2D eigenvalue weighted by Crippen LogP contribution is -2.20. The summed E-state index contributed by atoms with van der Waals surface area (Å²) in [6, 6.07) is 8.33. The van der Waals surface area contributed by atoms with Crippen molar-refractivity contribution in [2.24, 2.45) is 5.92 Å². The molecule has 0 aliphatic carbocycles.